The van der Waals surface area contributed by atoms with Crippen LogP contribution >= 0.6 is 0 Å². The molecule has 148 valence electrons. The molecular formula is C25H32N2O. The minimum Gasteiger partial charge on any atom is -0.390 e. The number of hydrogen-bond donors (Lipinski definition) is 1. The van der Waals surface area contributed by atoms with Crippen LogP contribution in [0.5, 0.6) is 0 Å². The number of β-amino-alcohol motifs (C(OH)–C–C–N with tert-alkyl or cyclic N) is 1. The third kappa shape index (κ3) is 2.63. The molecular weight excluding hydrogens is 344 g/mol. The molecule has 1 aliphatic heterocycles. The molecule has 1 saturated heterocycles. The quantitative estimate of drug-likeness (QED) is 0.700. The van der Waals surface area contributed by atoms with Gasteiger partial charge in [0.15, 0.2) is 0 Å². The summed E-state index contributed by atoms with van der Waals surface area (Å²) in [6.45, 7) is 11.0. The monoisotopic (exact) mass is 376 g/mol. The standard InChI is InChI=1S/C25H32N2O/c1-24(2)18-12-13-25(24,3)17-26(14-18)15-19(28)16-27-22-10-6-4-8-20(22)21-9-5-7-11-23(21)27/h4-11,18-19,28H,12-17H2,1-3H3. The molecule has 0 spiro atoms. The van der Waals surface area contributed by atoms with Crippen LogP contribution in [0.1, 0.15) is 33.6 Å². The van der Waals surface area contributed by atoms with Gasteiger partial charge in [0.1, 0.15) is 0 Å². The van der Waals surface area contributed by atoms with Crippen LogP contribution < -0.4 is 0 Å². The van der Waals surface area contributed by atoms with E-state index in [1.807, 2.05) is 0 Å². The number of hydrogen-bond acceptors (Lipinski definition) is 2. The summed E-state index contributed by atoms with van der Waals surface area (Å²) in [5.41, 5.74) is 3.23. The lowest BCUT2D eigenvalue weighted by Crippen LogP contribution is -2.53. The van der Waals surface area contributed by atoms with Crippen molar-refractivity contribution < 1.29 is 5.11 Å². The minimum absolute atomic E-state index is 0.358. The van der Waals surface area contributed by atoms with Gasteiger partial charge in [0.05, 0.1) is 12.6 Å². The predicted octanol–water partition coefficient (Wildman–Crippen LogP) is 4.91. The molecule has 0 amide bonds. The van der Waals surface area contributed by atoms with Crippen molar-refractivity contribution in [2.75, 3.05) is 19.6 Å². The van der Waals surface area contributed by atoms with E-state index in [9.17, 15) is 5.11 Å². The smallest absolute Gasteiger partial charge is 0.0845 e. The van der Waals surface area contributed by atoms with E-state index < -0.39 is 0 Å². The number of para-hydroxylation sites is 2. The summed E-state index contributed by atoms with van der Waals surface area (Å²) in [6, 6.07) is 17.1. The Labute approximate surface area is 168 Å². The Morgan fingerprint density at radius 2 is 1.57 bits per heavy atom. The number of aliphatic hydroxyl groups is 1. The Kier molecular flexibility index (Phi) is 4.12. The van der Waals surface area contributed by atoms with Crippen molar-refractivity contribution in [2.24, 2.45) is 16.7 Å². The topological polar surface area (TPSA) is 28.4 Å². The second kappa shape index (κ2) is 6.33. The fraction of sp³-hybridized carbons (Fsp3) is 0.520. The van der Waals surface area contributed by atoms with Gasteiger partial charge in [-0.05, 0) is 41.7 Å². The van der Waals surface area contributed by atoms with Crippen molar-refractivity contribution in [3.8, 4) is 0 Å². The molecule has 3 nitrogen and oxygen atoms in total. The maximum Gasteiger partial charge on any atom is 0.0845 e. The first-order valence-corrected chi connectivity index (χ1v) is 10.8. The van der Waals surface area contributed by atoms with Crippen molar-refractivity contribution in [2.45, 2.75) is 46.3 Å². The Bertz CT molecular complexity index is 966. The van der Waals surface area contributed by atoms with Gasteiger partial charge >= 0.3 is 0 Å². The second-order valence-electron chi connectivity index (χ2n) is 10.0. The number of aromatic nitrogens is 1. The zero-order chi connectivity index (χ0) is 19.5. The number of fused-ring (bicyclic) bond motifs is 5. The molecule has 2 aromatic carbocycles. The summed E-state index contributed by atoms with van der Waals surface area (Å²) in [5.74, 6) is 0.756. The highest BCUT2D eigenvalue weighted by Crippen LogP contribution is 2.58. The largest absolute Gasteiger partial charge is 0.390 e. The lowest BCUT2D eigenvalue weighted by Gasteiger charge is -2.50. The summed E-state index contributed by atoms with van der Waals surface area (Å²) in [6.07, 6.45) is 2.30. The molecule has 1 aliphatic carbocycles. The SMILES string of the molecule is CC12CCC(CN(CC(O)Cn3c4ccccc4c4ccccc43)C1)C2(C)C. The molecule has 2 bridgehead atoms. The average molecular weight is 377 g/mol. The molecule has 0 radical (unpaired) electrons. The molecule has 1 N–H and O–H groups in total. The van der Waals surface area contributed by atoms with Gasteiger partial charge in [0, 0.05) is 41.4 Å². The van der Waals surface area contributed by atoms with Crippen molar-refractivity contribution in [1.29, 1.82) is 0 Å². The third-order valence-electron chi connectivity index (χ3n) is 8.21. The van der Waals surface area contributed by atoms with Crippen molar-refractivity contribution in [3.63, 3.8) is 0 Å². The number of nitrogens with zero attached hydrogens (tertiary/aromatic N) is 2. The van der Waals surface area contributed by atoms with Gasteiger partial charge < -0.3 is 9.67 Å². The molecule has 1 aromatic heterocycles. The summed E-state index contributed by atoms with van der Waals surface area (Å²) in [4.78, 5) is 2.53. The number of piperidine rings is 1. The van der Waals surface area contributed by atoms with Gasteiger partial charge in [-0.3, -0.25) is 4.90 Å². The molecule has 3 atom stereocenters. The van der Waals surface area contributed by atoms with Crippen LogP contribution in [0.3, 0.4) is 0 Å². The van der Waals surface area contributed by atoms with Gasteiger partial charge in [-0.2, -0.15) is 0 Å². The molecule has 2 fully saturated rings. The van der Waals surface area contributed by atoms with E-state index in [1.54, 1.807) is 0 Å². The Morgan fingerprint density at radius 3 is 2.18 bits per heavy atom. The van der Waals surface area contributed by atoms with Crippen LogP contribution in [0.25, 0.3) is 21.8 Å². The summed E-state index contributed by atoms with van der Waals surface area (Å²) < 4.78 is 2.31. The van der Waals surface area contributed by atoms with Gasteiger partial charge in [-0.1, -0.05) is 57.2 Å². The lowest BCUT2D eigenvalue weighted by atomic mass is 9.63. The predicted molar refractivity (Wildman–Crippen MR) is 117 cm³/mol. The highest BCUT2D eigenvalue weighted by molar-refractivity contribution is 6.07. The van der Waals surface area contributed by atoms with E-state index >= 15 is 0 Å². The van der Waals surface area contributed by atoms with Gasteiger partial charge in [-0.15, -0.1) is 0 Å². The van der Waals surface area contributed by atoms with Gasteiger partial charge in [0.2, 0.25) is 0 Å². The molecule has 3 aromatic rings. The molecule has 2 aliphatic rings. The van der Waals surface area contributed by atoms with E-state index in [4.69, 9.17) is 0 Å². The molecule has 3 unspecified atom stereocenters. The van der Waals surface area contributed by atoms with E-state index in [0.29, 0.717) is 17.4 Å². The van der Waals surface area contributed by atoms with Crippen LogP contribution in [0.2, 0.25) is 0 Å². The van der Waals surface area contributed by atoms with Crippen molar-refractivity contribution >= 4 is 21.8 Å². The van der Waals surface area contributed by atoms with Crippen LogP contribution in [0.15, 0.2) is 48.5 Å². The van der Waals surface area contributed by atoms with E-state index in [-0.39, 0.29) is 6.10 Å². The maximum atomic E-state index is 11.0. The first kappa shape index (κ1) is 18.2. The number of likely N-dealkylation sites (tertiary alicyclic amines) is 1. The van der Waals surface area contributed by atoms with Gasteiger partial charge in [0.25, 0.3) is 0 Å². The molecule has 5 rings (SSSR count). The average Bonchev–Trinajstić information content (AvgIpc) is 2.99. The van der Waals surface area contributed by atoms with E-state index in [2.05, 4.69) is 78.8 Å². The first-order valence-electron chi connectivity index (χ1n) is 10.8. The molecule has 28 heavy (non-hydrogen) atoms. The highest BCUT2D eigenvalue weighted by Gasteiger charge is 2.55. The maximum absolute atomic E-state index is 11.0. The molecule has 1 saturated carbocycles. The fourth-order valence-corrected chi connectivity index (χ4v) is 6.05. The van der Waals surface area contributed by atoms with Crippen LogP contribution in [-0.2, 0) is 6.54 Å². The second-order valence-corrected chi connectivity index (χ2v) is 10.0. The van der Waals surface area contributed by atoms with E-state index in [0.717, 1.165) is 25.6 Å². The Balaban J connectivity index is 1.39. The number of aliphatic hydroxyl groups excluding tert-OH is 1. The van der Waals surface area contributed by atoms with Crippen LogP contribution in [0, 0.1) is 16.7 Å². The normalized spacial score (nSPS) is 28.2. The zero-order valence-corrected chi connectivity index (χ0v) is 17.4. The minimum atomic E-state index is -0.358. The van der Waals surface area contributed by atoms with Crippen LogP contribution in [-0.4, -0.2) is 40.3 Å². The Morgan fingerprint density at radius 1 is 0.964 bits per heavy atom. The first-order chi connectivity index (χ1) is 13.4. The van der Waals surface area contributed by atoms with E-state index in [1.165, 1.54) is 34.6 Å². The lowest BCUT2D eigenvalue weighted by molar-refractivity contribution is -0.0345. The summed E-state index contributed by atoms with van der Waals surface area (Å²) >= 11 is 0. The van der Waals surface area contributed by atoms with Crippen LogP contribution in [0.4, 0.5) is 0 Å². The summed E-state index contributed by atoms with van der Waals surface area (Å²) in [7, 11) is 0. The van der Waals surface area contributed by atoms with Gasteiger partial charge in [-0.25, -0.2) is 0 Å². The Hall–Kier alpha value is -1.84. The number of rotatable bonds is 4. The highest BCUT2D eigenvalue weighted by atomic mass is 16.3. The van der Waals surface area contributed by atoms with Crippen molar-refractivity contribution in [3.05, 3.63) is 48.5 Å². The number of benzene rings is 2. The van der Waals surface area contributed by atoms with Crippen molar-refractivity contribution in [1.82, 2.24) is 9.47 Å². The summed E-state index contributed by atoms with van der Waals surface area (Å²) in [5, 5.41) is 13.6. The fourth-order valence-electron chi connectivity index (χ4n) is 6.05. The zero-order valence-electron chi connectivity index (χ0n) is 17.4. The molecule has 2 heterocycles. The third-order valence-corrected chi connectivity index (χ3v) is 8.21. The molecule has 3 heteroatoms.